The summed E-state index contributed by atoms with van der Waals surface area (Å²) in [6.45, 7) is -2.85. The number of amides is 1. The Labute approximate surface area is 107 Å². The molecule has 1 saturated heterocycles. The summed E-state index contributed by atoms with van der Waals surface area (Å²) in [4.78, 5) is 11.3. The van der Waals surface area contributed by atoms with Gasteiger partial charge in [0.05, 0.1) is 0 Å². The molecule has 94 valence electrons. The zero-order chi connectivity index (χ0) is 13.1. The Morgan fingerprint density at radius 2 is 1.89 bits per heavy atom. The first kappa shape index (κ1) is 12.4. The van der Waals surface area contributed by atoms with Crippen LogP contribution in [-0.4, -0.2) is 17.6 Å². The van der Waals surface area contributed by atoms with Crippen molar-refractivity contribution in [2.75, 3.05) is 0 Å². The summed E-state index contributed by atoms with van der Waals surface area (Å²) in [6.07, 6.45) is 1.56. The molecule has 0 aromatic heterocycles. The van der Waals surface area contributed by atoms with E-state index in [4.69, 9.17) is 12.2 Å². The Balaban J connectivity index is 2.13. The van der Waals surface area contributed by atoms with Gasteiger partial charge in [-0.05, 0) is 36.0 Å². The third-order valence-corrected chi connectivity index (χ3v) is 2.34. The van der Waals surface area contributed by atoms with E-state index in [1.54, 1.807) is 18.2 Å². The number of hydrogen-bond acceptors (Lipinski definition) is 3. The standard InChI is InChI=1S/C11H8F2N2O2S/c12-10(13)17-7-3-1-6(2-4-7)5-8-9(16)15-11(18)14-8/h1-5,10H,(H2,14,15,16,18)/b8-5-. The van der Waals surface area contributed by atoms with Crippen LogP contribution in [0.5, 0.6) is 5.75 Å². The minimum atomic E-state index is -2.85. The van der Waals surface area contributed by atoms with Gasteiger partial charge >= 0.3 is 6.61 Å². The summed E-state index contributed by atoms with van der Waals surface area (Å²) in [5.41, 5.74) is 0.974. The maximum atomic E-state index is 11.9. The van der Waals surface area contributed by atoms with Crippen molar-refractivity contribution in [3.05, 3.63) is 35.5 Å². The fourth-order valence-corrected chi connectivity index (χ4v) is 1.60. The second-order valence-electron chi connectivity index (χ2n) is 3.41. The van der Waals surface area contributed by atoms with Crippen molar-refractivity contribution in [3.63, 3.8) is 0 Å². The highest BCUT2D eigenvalue weighted by molar-refractivity contribution is 7.80. The lowest BCUT2D eigenvalue weighted by Crippen LogP contribution is -2.21. The Morgan fingerprint density at radius 1 is 1.22 bits per heavy atom. The minimum absolute atomic E-state index is 0.0616. The number of benzene rings is 1. The topological polar surface area (TPSA) is 50.4 Å². The van der Waals surface area contributed by atoms with E-state index in [-0.39, 0.29) is 16.8 Å². The Kier molecular flexibility index (Phi) is 3.52. The maximum absolute atomic E-state index is 11.9. The number of ether oxygens (including phenoxy) is 1. The van der Waals surface area contributed by atoms with Crippen molar-refractivity contribution in [1.82, 2.24) is 10.6 Å². The van der Waals surface area contributed by atoms with Gasteiger partial charge in [-0.1, -0.05) is 12.1 Å². The Hall–Kier alpha value is -2.02. The van der Waals surface area contributed by atoms with Crippen molar-refractivity contribution in [3.8, 4) is 5.75 Å². The number of thiocarbonyl (C=S) groups is 1. The zero-order valence-electron chi connectivity index (χ0n) is 8.94. The van der Waals surface area contributed by atoms with Gasteiger partial charge in [-0.3, -0.25) is 10.1 Å². The summed E-state index contributed by atoms with van der Waals surface area (Å²) in [5, 5.41) is 5.33. The second kappa shape index (κ2) is 5.09. The Morgan fingerprint density at radius 3 is 2.39 bits per heavy atom. The molecule has 1 aromatic carbocycles. The first-order valence-corrected chi connectivity index (χ1v) is 5.34. The van der Waals surface area contributed by atoms with Gasteiger partial charge in [0, 0.05) is 0 Å². The van der Waals surface area contributed by atoms with Crippen molar-refractivity contribution < 1.29 is 18.3 Å². The van der Waals surface area contributed by atoms with E-state index < -0.39 is 6.61 Å². The molecule has 1 aromatic rings. The van der Waals surface area contributed by atoms with E-state index in [9.17, 15) is 13.6 Å². The third-order valence-electron chi connectivity index (χ3n) is 2.14. The highest BCUT2D eigenvalue weighted by atomic mass is 32.1. The molecule has 1 aliphatic heterocycles. The molecule has 0 atom stereocenters. The second-order valence-corrected chi connectivity index (χ2v) is 3.82. The molecule has 1 fully saturated rings. The van der Waals surface area contributed by atoms with Crippen LogP contribution >= 0.6 is 12.2 Å². The van der Waals surface area contributed by atoms with Crippen molar-refractivity contribution in [2.24, 2.45) is 0 Å². The number of carbonyl (C=O) groups excluding carboxylic acids is 1. The summed E-state index contributed by atoms with van der Waals surface area (Å²) in [7, 11) is 0. The van der Waals surface area contributed by atoms with Crippen molar-refractivity contribution in [1.29, 1.82) is 0 Å². The Bertz CT molecular complexity index is 514. The maximum Gasteiger partial charge on any atom is 0.387 e. The van der Waals surface area contributed by atoms with Crippen LogP contribution < -0.4 is 15.4 Å². The summed E-state index contributed by atoms with van der Waals surface area (Å²) >= 11 is 4.77. The monoisotopic (exact) mass is 270 g/mol. The van der Waals surface area contributed by atoms with E-state index in [1.807, 2.05) is 0 Å². The highest BCUT2D eigenvalue weighted by Crippen LogP contribution is 2.16. The molecule has 2 N–H and O–H groups in total. The molecule has 1 aliphatic rings. The molecule has 0 bridgehead atoms. The molecule has 1 amide bonds. The van der Waals surface area contributed by atoms with Gasteiger partial charge in [0.1, 0.15) is 11.4 Å². The summed E-state index contributed by atoms with van der Waals surface area (Å²) in [5.74, 6) is -0.264. The average molecular weight is 270 g/mol. The van der Waals surface area contributed by atoms with Gasteiger partial charge in [-0.2, -0.15) is 8.78 Å². The first-order valence-electron chi connectivity index (χ1n) is 4.93. The van der Waals surface area contributed by atoms with Crippen LogP contribution in [0.25, 0.3) is 6.08 Å². The number of halogens is 2. The van der Waals surface area contributed by atoms with Crippen molar-refractivity contribution >= 4 is 29.3 Å². The molecule has 1 heterocycles. The van der Waals surface area contributed by atoms with Crippen LogP contribution in [0, 0.1) is 0 Å². The minimum Gasteiger partial charge on any atom is -0.435 e. The molecule has 0 unspecified atom stereocenters. The largest absolute Gasteiger partial charge is 0.435 e. The van der Waals surface area contributed by atoms with E-state index in [1.165, 1.54) is 12.1 Å². The fourth-order valence-electron chi connectivity index (χ4n) is 1.39. The molecule has 4 nitrogen and oxygen atoms in total. The van der Waals surface area contributed by atoms with Gasteiger partial charge in [0.25, 0.3) is 5.91 Å². The SMILES string of the molecule is O=C1NC(=S)N/C1=C\c1ccc(OC(F)F)cc1. The van der Waals surface area contributed by atoms with Crippen LogP contribution in [0.2, 0.25) is 0 Å². The van der Waals surface area contributed by atoms with Crippen LogP contribution in [-0.2, 0) is 4.79 Å². The van der Waals surface area contributed by atoms with Crippen LogP contribution in [0.4, 0.5) is 8.78 Å². The summed E-state index contributed by atoms with van der Waals surface area (Å²) in [6, 6.07) is 5.90. The molecule has 0 aliphatic carbocycles. The van der Waals surface area contributed by atoms with E-state index in [0.29, 0.717) is 11.3 Å². The lowest BCUT2D eigenvalue weighted by atomic mass is 10.2. The molecule has 18 heavy (non-hydrogen) atoms. The quantitative estimate of drug-likeness (QED) is 0.647. The van der Waals surface area contributed by atoms with E-state index in [0.717, 1.165) is 0 Å². The van der Waals surface area contributed by atoms with E-state index in [2.05, 4.69) is 15.4 Å². The molecule has 0 saturated carbocycles. The normalized spacial score (nSPS) is 16.9. The van der Waals surface area contributed by atoms with Crippen LogP contribution in [0.1, 0.15) is 5.56 Å². The van der Waals surface area contributed by atoms with Gasteiger partial charge in [0.2, 0.25) is 0 Å². The summed E-state index contributed by atoms with van der Waals surface area (Å²) < 4.78 is 28.1. The first-order chi connectivity index (χ1) is 8.54. The fraction of sp³-hybridized carbons (Fsp3) is 0.0909. The lowest BCUT2D eigenvalue weighted by Gasteiger charge is -2.04. The van der Waals surface area contributed by atoms with Gasteiger partial charge < -0.3 is 10.1 Å². The molecular weight excluding hydrogens is 262 g/mol. The van der Waals surface area contributed by atoms with E-state index >= 15 is 0 Å². The molecule has 2 rings (SSSR count). The average Bonchev–Trinajstić information content (AvgIpc) is 2.59. The van der Waals surface area contributed by atoms with Gasteiger partial charge in [0.15, 0.2) is 5.11 Å². The van der Waals surface area contributed by atoms with Crippen molar-refractivity contribution in [2.45, 2.75) is 6.61 Å². The molecule has 7 heteroatoms. The predicted octanol–water partition coefficient (Wildman–Crippen LogP) is 1.63. The van der Waals surface area contributed by atoms with Crippen LogP contribution in [0.15, 0.2) is 30.0 Å². The number of hydrogen-bond donors (Lipinski definition) is 2. The number of nitrogens with one attached hydrogen (secondary N) is 2. The number of rotatable bonds is 3. The third kappa shape index (κ3) is 3.01. The van der Waals surface area contributed by atoms with Gasteiger partial charge in [-0.25, -0.2) is 0 Å². The molecule has 0 spiro atoms. The molecule has 0 radical (unpaired) electrons. The smallest absolute Gasteiger partial charge is 0.387 e. The number of carbonyl (C=O) groups is 1. The number of alkyl halides is 2. The zero-order valence-corrected chi connectivity index (χ0v) is 9.76. The lowest BCUT2D eigenvalue weighted by molar-refractivity contribution is -0.115. The van der Waals surface area contributed by atoms with Gasteiger partial charge in [-0.15, -0.1) is 0 Å². The predicted molar refractivity (Wildman–Crippen MR) is 64.9 cm³/mol. The van der Waals surface area contributed by atoms with Crippen LogP contribution in [0.3, 0.4) is 0 Å². The highest BCUT2D eigenvalue weighted by Gasteiger charge is 2.19. The molecular formula is C11H8F2N2O2S.